The number of nitrogens with zero attached hydrogens (tertiary/aromatic N) is 3. The number of hydrogen-bond acceptors (Lipinski definition) is 4. The highest BCUT2D eigenvalue weighted by Gasteiger charge is 2.56. The molecule has 0 saturated carbocycles. The molecule has 2 fully saturated rings. The van der Waals surface area contributed by atoms with Gasteiger partial charge in [-0.2, -0.15) is 13.2 Å². The third-order valence-corrected chi connectivity index (χ3v) is 9.54. The second kappa shape index (κ2) is 8.90. The Morgan fingerprint density at radius 1 is 1.17 bits per heavy atom. The van der Waals surface area contributed by atoms with Crippen molar-refractivity contribution in [3.63, 3.8) is 0 Å². The van der Waals surface area contributed by atoms with Gasteiger partial charge in [0.1, 0.15) is 17.2 Å². The van der Waals surface area contributed by atoms with Crippen LogP contribution in [0.1, 0.15) is 40.1 Å². The molecule has 0 radical (unpaired) electrons. The lowest BCUT2D eigenvalue weighted by atomic mass is 9.82. The van der Waals surface area contributed by atoms with Crippen LogP contribution in [-0.4, -0.2) is 56.6 Å². The van der Waals surface area contributed by atoms with Crippen molar-refractivity contribution in [3.05, 3.63) is 76.2 Å². The monoisotopic (exact) mass is 515 g/mol. The molecule has 9 heteroatoms. The number of aromatic nitrogens is 2. The molecule has 6 rings (SSSR count). The predicted molar refractivity (Wildman–Crippen MR) is 133 cm³/mol. The van der Waals surface area contributed by atoms with Gasteiger partial charge in [0.2, 0.25) is 0 Å². The minimum Gasteiger partial charge on any atom is -0.616 e. The summed E-state index contributed by atoms with van der Waals surface area (Å²) in [4.78, 5) is 7.23. The number of likely N-dealkylation sites (tertiary alicyclic amines) is 1. The number of fused-ring (bicyclic) bond motifs is 1. The summed E-state index contributed by atoms with van der Waals surface area (Å²) in [6.45, 7) is 5.24. The number of rotatable bonds is 5. The third kappa shape index (κ3) is 4.36. The number of alkyl halides is 3. The average molecular weight is 516 g/mol. The van der Waals surface area contributed by atoms with Gasteiger partial charge in [-0.3, -0.25) is 4.90 Å². The molecule has 0 atom stereocenters. The van der Waals surface area contributed by atoms with Crippen LogP contribution < -0.4 is 0 Å². The van der Waals surface area contributed by atoms with Crippen LogP contribution in [0.5, 0.6) is 0 Å². The van der Waals surface area contributed by atoms with Gasteiger partial charge in [-0.1, -0.05) is 29.4 Å². The largest absolute Gasteiger partial charge is 0.616 e. The maximum Gasteiger partial charge on any atom is 0.416 e. The van der Waals surface area contributed by atoms with Crippen molar-refractivity contribution in [2.45, 2.75) is 32.5 Å². The third-order valence-electron chi connectivity index (χ3n) is 7.67. The number of pyridine rings is 1. The van der Waals surface area contributed by atoms with Crippen molar-refractivity contribution in [1.29, 1.82) is 0 Å². The molecule has 5 heterocycles. The van der Waals surface area contributed by atoms with E-state index in [-0.39, 0.29) is 11.0 Å². The summed E-state index contributed by atoms with van der Waals surface area (Å²) in [6, 6.07) is 8.46. The number of ether oxygens (including phenoxy) is 1. The number of benzene rings is 1. The molecule has 0 unspecified atom stereocenters. The first kappa shape index (κ1) is 24.0. The first-order valence-corrected chi connectivity index (χ1v) is 13.7. The van der Waals surface area contributed by atoms with Gasteiger partial charge in [0.05, 0.1) is 35.6 Å². The summed E-state index contributed by atoms with van der Waals surface area (Å²) < 4.78 is 59.9. The summed E-state index contributed by atoms with van der Waals surface area (Å²) in [6.07, 6.45) is 0.947. The highest BCUT2D eigenvalue weighted by Crippen LogP contribution is 2.42. The van der Waals surface area contributed by atoms with Crippen LogP contribution in [0.3, 0.4) is 0 Å². The van der Waals surface area contributed by atoms with Crippen molar-refractivity contribution in [2.24, 2.45) is 5.41 Å². The molecule has 190 valence electrons. The molecule has 0 N–H and O–H groups in total. The lowest BCUT2D eigenvalue weighted by molar-refractivity contribution is -0.138. The summed E-state index contributed by atoms with van der Waals surface area (Å²) in [5.74, 6) is 1.54. The molecule has 3 aromatic rings. The van der Waals surface area contributed by atoms with E-state index in [1.54, 1.807) is 13.0 Å². The topological polar surface area (TPSA) is 52.8 Å². The predicted octanol–water partition coefficient (Wildman–Crippen LogP) is 4.62. The minimum atomic E-state index is -4.39. The van der Waals surface area contributed by atoms with Crippen molar-refractivity contribution in [2.75, 3.05) is 37.8 Å². The van der Waals surface area contributed by atoms with Crippen molar-refractivity contribution >= 4 is 22.4 Å². The Labute approximate surface area is 211 Å². The fourth-order valence-electron chi connectivity index (χ4n) is 5.85. The van der Waals surface area contributed by atoms with Crippen molar-refractivity contribution < 1.29 is 22.5 Å². The van der Waals surface area contributed by atoms with Gasteiger partial charge in [-0.15, -0.1) is 0 Å². The summed E-state index contributed by atoms with van der Waals surface area (Å²) in [7, 11) is 0. The number of imidazole rings is 1. The number of hydrogen-bond donors (Lipinski definition) is 0. The van der Waals surface area contributed by atoms with Crippen LogP contribution in [0, 0.1) is 12.3 Å². The maximum absolute atomic E-state index is 13.6. The minimum absolute atomic E-state index is 0.185. The van der Waals surface area contributed by atoms with E-state index >= 15 is 0 Å². The van der Waals surface area contributed by atoms with Crippen LogP contribution >= 0.6 is 0 Å². The van der Waals surface area contributed by atoms with Crippen LogP contribution in [0.4, 0.5) is 13.2 Å². The Hall–Kier alpha value is -2.33. The molecule has 5 nitrogen and oxygen atoms in total. The van der Waals surface area contributed by atoms with E-state index in [1.165, 1.54) is 11.6 Å². The van der Waals surface area contributed by atoms with Crippen molar-refractivity contribution in [1.82, 2.24) is 14.3 Å². The van der Waals surface area contributed by atoms with Gasteiger partial charge in [0.25, 0.3) is 0 Å². The first-order chi connectivity index (χ1) is 17.2. The van der Waals surface area contributed by atoms with Crippen molar-refractivity contribution in [3.8, 4) is 0 Å². The molecule has 36 heavy (non-hydrogen) atoms. The lowest BCUT2D eigenvalue weighted by Crippen LogP contribution is -2.67. The normalized spacial score (nSPS) is 20.4. The molecular formula is C27H28F3N3O2S. The van der Waals surface area contributed by atoms with Gasteiger partial charge in [-0.25, -0.2) is 4.98 Å². The van der Waals surface area contributed by atoms with E-state index < -0.39 is 22.9 Å². The zero-order valence-electron chi connectivity index (χ0n) is 20.1. The van der Waals surface area contributed by atoms with E-state index in [1.807, 2.05) is 6.07 Å². The van der Waals surface area contributed by atoms with E-state index in [4.69, 9.17) is 9.72 Å². The Morgan fingerprint density at radius 3 is 2.67 bits per heavy atom. The second-order valence-corrected chi connectivity index (χ2v) is 11.8. The molecule has 2 aromatic heterocycles. The van der Waals surface area contributed by atoms with Crippen LogP contribution in [0.25, 0.3) is 11.2 Å². The lowest BCUT2D eigenvalue weighted by Gasteiger charge is -2.54. The summed E-state index contributed by atoms with van der Waals surface area (Å²) >= 11 is -0.685. The standard InChI is InChI=1S/C27H28F3N3O2S/c1-18-20(3-2-4-22(18)27(28,29)30)11-24-23(13-32-14-26(15-32)16-36(34)17-26)31-25-6-5-21(12-33(24)25)19-7-9-35-10-8-19/h2-7,12H,8-11,13-17H2,1H3. The van der Waals surface area contributed by atoms with Crippen LogP contribution in [0.2, 0.25) is 0 Å². The quantitative estimate of drug-likeness (QED) is 0.466. The van der Waals surface area contributed by atoms with E-state index in [9.17, 15) is 17.7 Å². The van der Waals surface area contributed by atoms with E-state index in [2.05, 4.69) is 27.6 Å². The molecule has 0 aliphatic carbocycles. The molecule has 3 aliphatic rings. The Kier molecular flexibility index (Phi) is 5.94. The zero-order valence-corrected chi connectivity index (χ0v) is 20.9. The van der Waals surface area contributed by atoms with Gasteiger partial charge in [0, 0.05) is 32.3 Å². The van der Waals surface area contributed by atoms with Gasteiger partial charge >= 0.3 is 6.18 Å². The molecule has 3 aliphatic heterocycles. The zero-order chi connectivity index (χ0) is 25.1. The molecule has 0 bridgehead atoms. The van der Waals surface area contributed by atoms with E-state index in [0.29, 0.717) is 31.7 Å². The molecule has 0 amide bonds. The smallest absolute Gasteiger partial charge is 0.416 e. The number of halogens is 3. The van der Waals surface area contributed by atoms with Gasteiger partial charge < -0.3 is 13.7 Å². The fraction of sp³-hybridized carbons (Fsp3) is 0.444. The highest BCUT2D eigenvalue weighted by molar-refractivity contribution is 7.92. The van der Waals surface area contributed by atoms with Gasteiger partial charge in [0.15, 0.2) is 0 Å². The second-order valence-electron chi connectivity index (χ2n) is 10.3. The molecule has 1 aromatic carbocycles. The molecule has 2 saturated heterocycles. The van der Waals surface area contributed by atoms with Crippen LogP contribution in [-0.2, 0) is 35.1 Å². The fourth-order valence-corrected chi connectivity index (χ4v) is 7.49. The summed E-state index contributed by atoms with van der Waals surface area (Å²) in [5, 5.41) is 0. The Balaban J connectivity index is 1.37. The molecular weight excluding hydrogens is 487 g/mol. The van der Waals surface area contributed by atoms with E-state index in [0.717, 1.165) is 59.7 Å². The van der Waals surface area contributed by atoms with Gasteiger partial charge in [-0.05, 0) is 53.8 Å². The average Bonchev–Trinajstić information content (AvgIpc) is 3.14. The first-order valence-electron chi connectivity index (χ1n) is 12.2. The molecule has 1 spiro atoms. The maximum atomic E-state index is 13.6. The van der Waals surface area contributed by atoms with Crippen LogP contribution in [0.15, 0.2) is 42.6 Å². The Morgan fingerprint density at radius 2 is 1.97 bits per heavy atom. The Bertz CT molecular complexity index is 1340. The summed E-state index contributed by atoms with van der Waals surface area (Å²) in [5.41, 5.74) is 5.39. The highest BCUT2D eigenvalue weighted by atomic mass is 32.2. The SMILES string of the molecule is Cc1c(Cc2c(CN3CC4(C3)C[S+]([O-])C4)nc3ccc(C4=CCOCC4)cn23)cccc1C(F)(F)F.